The lowest BCUT2D eigenvalue weighted by atomic mass is 9.99. The van der Waals surface area contributed by atoms with Gasteiger partial charge in [-0.3, -0.25) is 4.79 Å². The number of benzene rings is 1. The molecule has 1 aromatic carbocycles. The van der Waals surface area contributed by atoms with Crippen LogP contribution in [-0.2, 0) is 6.42 Å². The molecule has 16 heavy (non-hydrogen) atoms. The smallest absolute Gasteiger partial charge is 0.153 e. The van der Waals surface area contributed by atoms with E-state index in [2.05, 4.69) is 0 Å². The van der Waals surface area contributed by atoms with E-state index in [-0.39, 0.29) is 5.75 Å². The Balaban J connectivity index is 2.41. The van der Waals surface area contributed by atoms with Crippen LogP contribution in [0.3, 0.4) is 0 Å². The molecule has 0 atom stereocenters. The molecule has 0 aromatic heterocycles. The zero-order valence-corrected chi connectivity index (χ0v) is 8.95. The summed E-state index contributed by atoms with van der Waals surface area (Å²) in [5, 5.41) is 9.60. The maximum absolute atomic E-state index is 12.4. The Morgan fingerprint density at radius 2 is 2.31 bits per heavy atom. The predicted octanol–water partition coefficient (Wildman–Crippen LogP) is 1.93. The number of anilines is 1. The number of carbonyl (C=O) groups excluding carboxylic acids is 1. The van der Waals surface area contributed by atoms with Crippen LogP contribution in [0.25, 0.3) is 0 Å². The van der Waals surface area contributed by atoms with Crippen molar-refractivity contribution >= 4 is 12.0 Å². The Labute approximate surface area is 93.5 Å². The summed E-state index contributed by atoms with van der Waals surface area (Å²) < 4.78 is 12.4. The quantitative estimate of drug-likeness (QED) is 0.796. The molecule has 0 fully saturated rings. The fraction of sp³-hybridized carbons (Fsp3) is 0.417. The summed E-state index contributed by atoms with van der Waals surface area (Å²) in [4.78, 5) is 12.6. The van der Waals surface area contributed by atoms with Crippen molar-refractivity contribution in [1.82, 2.24) is 0 Å². The Hall–Kier alpha value is -1.58. The van der Waals surface area contributed by atoms with Crippen LogP contribution in [0.2, 0.25) is 0 Å². The highest BCUT2D eigenvalue weighted by Gasteiger charge is 2.18. The summed E-state index contributed by atoms with van der Waals surface area (Å²) in [6, 6.07) is 3.26. The first-order chi connectivity index (χ1) is 7.76. The molecule has 0 unspecified atom stereocenters. The molecule has 86 valence electrons. The first-order valence-electron chi connectivity index (χ1n) is 5.38. The van der Waals surface area contributed by atoms with E-state index in [1.807, 2.05) is 4.90 Å². The van der Waals surface area contributed by atoms with Gasteiger partial charge in [0.25, 0.3) is 0 Å². The van der Waals surface area contributed by atoms with Crippen molar-refractivity contribution in [3.05, 3.63) is 23.3 Å². The number of aromatic hydroxyl groups is 1. The van der Waals surface area contributed by atoms with Crippen molar-refractivity contribution < 1.29 is 14.3 Å². The minimum absolute atomic E-state index is 0.0282. The third-order valence-corrected chi connectivity index (χ3v) is 2.92. The molecule has 1 aliphatic heterocycles. The number of phenolic OH excluding ortho intramolecular Hbond substituents is 1. The third-order valence-electron chi connectivity index (χ3n) is 2.92. The Morgan fingerprint density at radius 1 is 1.50 bits per heavy atom. The molecular weight excluding hydrogens is 209 g/mol. The van der Waals surface area contributed by atoms with E-state index in [1.165, 1.54) is 0 Å². The highest BCUT2D eigenvalue weighted by Crippen LogP contribution is 2.32. The highest BCUT2D eigenvalue weighted by atomic mass is 19.1. The average Bonchev–Trinajstić information content (AvgIpc) is 2.29. The maximum atomic E-state index is 12.4. The van der Waals surface area contributed by atoms with Gasteiger partial charge in [-0.15, -0.1) is 0 Å². The van der Waals surface area contributed by atoms with Gasteiger partial charge in [-0.1, -0.05) is 0 Å². The van der Waals surface area contributed by atoms with Crippen LogP contribution < -0.4 is 4.90 Å². The van der Waals surface area contributed by atoms with E-state index in [4.69, 9.17) is 0 Å². The molecule has 4 heteroatoms. The zero-order chi connectivity index (χ0) is 11.5. The van der Waals surface area contributed by atoms with E-state index in [0.717, 1.165) is 30.6 Å². The Kier molecular flexibility index (Phi) is 3.08. The zero-order valence-electron chi connectivity index (χ0n) is 8.95. The molecule has 0 aliphatic carbocycles. The molecule has 1 aromatic rings. The van der Waals surface area contributed by atoms with Gasteiger partial charge in [0.2, 0.25) is 0 Å². The molecule has 0 amide bonds. The summed E-state index contributed by atoms with van der Waals surface area (Å²) in [7, 11) is 0. The van der Waals surface area contributed by atoms with Gasteiger partial charge in [-0.25, -0.2) is 4.39 Å². The van der Waals surface area contributed by atoms with Crippen LogP contribution in [0, 0.1) is 0 Å². The highest BCUT2D eigenvalue weighted by molar-refractivity contribution is 5.82. The molecule has 1 aliphatic rings. The number of aryl methyl sites for hydroxylation is 1. The number of carbonyl (C=O) groups is 1. The second kappa shape index (κ2) is 4.51. The molecule has 0 bridgehead atoms. The SMILES string of the molecule is O=Cc1cc2c(cc1O)N(CCF)CCC2. The maximum Gasteiger partial charge on any atom is 0.153 e. The van der Waals surface area contributed by atoms with E-state index < -0.39 is 6.67 Å². The molecule has 0 radical (unpaired) electrons. The fourth-order valence-corrected chi connectivity index (χ4v) is 2.15. The number of nitrogens with zero attached hydrogens (tertiary/aromatic N) is 1. The summed E-state index contributed by atoms with van der Waals surface area (Å²) in [5.41, 5.74) is 2.17. The molecule has 3 nitrogen and oxygen atoms in total. The van der Waals surface area contributed by atoms with E-state index in [1.54, 1.807) is 12.1 Å². The number of phenols is 1. The molecule has 0 spiro atoms. The van der Waals surface area contributed by atoms with Gasteiger partial charge in [0, 0.05) is 24.8 Å². The number of alkyl halides is 1. The number of hydrogen-bond donors (Lipinski definition) is 1. The van der Waals surface area contributed by atoms with E-state index in [0.29, 0.717) is 18.4 Å². The minimum Gasteiger partial charge on any atom is -0.507 e. The van der Waals surface area contributed by atoms with Gasteiger partial charge in [-0.05, 0) is 24.5 Å². The van der Waals surface area contributed by atoms with Crippen molar-refractivity contribution in [2.24, 2.45) is 0 Å². The van der Waals surface area contributed by atoms with E-state index >= 15 is 0 Å². The van der Waals surface area contributed by atoms with Gasteiger partial charge in [0.1, 0.15) is 12.4 Å². The van der Waals surface area contributed by atoms with Crippen LogP contribution in [-0.4, -0.2) is 31.2 Å². The second-order valence-corrected chi connectivity index (χ2v) is 3.94. The molecule has 1 heterocycles. The monoisotopic (exact) mass is 223 g/mol. The Bertz CT molecular complexity index is 406. The number of rotatable bonds is 3. The van der Waals surface area contributed by atoms with E-state index in [9.17, 15) is 14.3 Å². The summed E-state index contributed by atoms with van der Waals surface area (Å²) >= 11 is 0. The summed E-state index contributed by atoms with van der Waals surface area (Å²) in [6.07, 6.45) is 2.47. The average molecular weight is 223 g/mol. The van der Waals surface area contributed by atoms with Crippen LogP contribution >= 0.6 is 0 Å². The van der Waals surface area contributed by atoms with Crippen molar-refractivity contribution in [2.75, 3.05) is 24.7 Å². The van der Waals surface area contributed by atoms with Gasteiger partial charge in [0.15, 0.2) is 6.29 Å². The van der Waals surface area contributed by atoms with Crippen LogP contribution in [0.5, 0.6) is 5.75 Å². The fourth-order valence-electron chi connectivity index (χ4n) is 2.15. The number of aldehydes is 1. The molecule has 0 saturated heterocycles. The van der Waals surface area contributed by atoms with Crippen LogP contribution in [0.15, 0.2) is 12.1 Å². The van der Waals surface area contributed by atoms with Gasteiger partial charge < -0.3 is 10.0 Å². The first kappa shape index (κ1) is 10.9. The molecule has 2 rings (SSSR count). The van der Waals surface area contributed by atoms with Crippen molar-refractivity contribution in [3.63, 3.8) is 0 Å². The van der Waals surface area contributed by atoms with Gasteiger partial charge in [-0.2, -0.15) is 0 Å². The predicted molar refractivity (Wildman–Crippen MR) is 60.0 cm³/mol. The summed E-state index contributed by atoms with van der Waals surface area (Å²) in [5.74, 6) is -0.0282. The van der Waals surface area contributed by atoms with Crippen LogP contribution in [0.4, 0.5) is 10.1 Å². The Morgan fingerprint density at radius 3 is 3.00 bits per heavy atom. The standard InChI is InChI=1S/C12H14FNO2/c13-3-5-14-4-1-2-9-6-10(8-15)12(16)7-11(9)14/h6-8,16H,1-5H2. The molecule has 0 saturated carbocycles. The lowest BCUT2D eigenvalue weighted by Gasteiger charge is -2.30. The first-order valence-corrected chi connectivity index (χ1v) is 5.38. The molecular formula is C12H14FNO2. The van der Waals surface area contributed by atoms with Gasteiger partial charge in [0.05, 0.1) is 5.56 Å². The largest absolute Gasteiger partial charge is 0.507 e. The molecule has 1 N–H and O–H groups in total. The lowest BCUT2D eigenvalue weighted by molar-refractivity contribution is 0.112. The number of hydrogen-bond acceptors (Lipinski definition) is 3. The lowest BCUT2D eigenvalue weighted by Crippen LogP contribution is -2.31. The third kappa shape index (κ3) is 1.87. The van der Waals surface area contributed by atoms with Crippen molar-refractivity contribution in [1.29, 1.82) is 0 Å². The summed E-state index contributed by atoms with van der Waals surface area (Å²) in [6.45, 7) is 0.735. The van der Waals surface area contributed by atoms with Crippen LogP contribution in [0.1, 0.15) is 22.3 Å². The normalized spacial score (nSPS) is 14.7. The van der Waals surface area contributed by atoms with Crippen molar-refractivity contribution in [3.8, 4) is 5.75 Å². The van der Waals surface area contributed by atoms with Gasteiger partial charge >= 0.3 is 0 Å². The number of fused-ring (bicyclic) bond motifs is 1. The van der Waals surface area contributed by atoms with Crippen molar-refractivity contribution in [2.45, 2.75) is 12.8 Å². The second-order valence-electron chi connectivity index (χ2n) is 3.94. The topological polar surface area (TPSA) is 40.5 Å². The number of halogens is 1. The minimum atomic E-state index is -0.407.